The zero-order chi connectivity index (χ0) is 13.5. The molecular weight excluding hydrogens is 233 g/mol. The lowest BCUT2D eigenvalue weighted by Gasteiger charge is -2.05. The van der Waals surface area contributed by atoms with Gasteiger partial charge in [-0.3, -0.25) is 4.99 Å². The number of ether oxygens (including phenoxy) is 1. The molecule has 0 N–H and O–H groups in total. The van der Waals surface area contributed by atoms with Gasteiger partial charge in [0.1, 0.15) is 5.82 Å². The number of carbonyl (C=O) groups is 1. The summed E-state index contributed by atoms with van der Waals surface area (Å²) in [7, 11) is 2.85. The van der Waals surface area contributed by atoms with Gasteiger partial charge in [0.05, 0.1) is 12.7 Å². The molecule has 0 saturated carbocycles. The third kappa shape index (κ3) is 3.13. The first kappa shape index (κ1) is 13.8. The van der Waals surface area contributed by atoms with Crippen molar-refractivity contribution in [3.8, 4) is 0 Å². The monoisotopic (exact) mass is 247 g/mol. The summed E-state index contributed by atoms with van der Waals surface area (Å²) in [6.07, 6.45) is 4.89. The highest BCUT2D eigenvalue weighted by Gasteiger charge is 2.12. The molecule has 4 heteroatoms. The Balaban J connectivity index is 3.18. The largest absolute Gasteiger partial charge is 0.465 e. The maximum atomic E-state index is 13.7. The Morgan fingerprint density at radius 1 is 1.50 bits per heavy atom. The van der Waals surface area contributed by atoms with Gasteiger partial charge in [-0.1, -0.05) is 18.7 Å². The summed E-state index contributed by atoms with van der Waals surface area (Å²) in [4.78, 5) is 15.1. The van der Waals surface area contributed by atoms with Crippen LogP contribution in [-0.2, 0) is 4.74 Å². The molecule has 18 heavy (non-hydrogen) atoms. The van der Waals surface area contributed by atoms with Gasteiger partial charge in [0.2, 0.25) is 0 Å². The van der Waals surface area contributed by atoms with Crippen molar-refractivity contribution in [3.05, 3.63) is 53.9 Å². The number of methoxy groups -OCH3 is 1. The zero-order valence-corrected chi connectivity index (χ0v) is 10.3. The van der Waals surface area contributed by atoms with Gasteiger partial charge in [0.25, 0.3) is 0 Å². The average Bonchev–Trinajstić information content (AvgIpc) is 2.39. The van der Waals surface area contributed by atoms with E-state index in [2.05, 4.69) is 16.3 Å². The molecule has 0 aromatic heterocycles. The second-order valence-electron chi connectivity index (χ2n) is 3.42. The molecule has 3 nitrogen and oxygen atoms in total. The van der Waals surface area contributed by atoms with Crippen molar-refractivity contribution >= 4 is 17.8 Å². The number of allylic oxidation sites excluding steroid dienone is 3. The molecule has 0 fully saturated rings. The van der Waals surface area contributed by atoms with Crippen LogP contribution in [0.5, 0.6) is 0 Å². The molecule has 1 rings (SSSR count). The minimum Gasteiger partial charge on any atom is -0.465 e. The molecule has 0 aliphatic heterocycles. The summed E-state index contributed by atoms with van der Waals surface area (Å²) in [5.74, 6) is -1.32. The van der Waals surface area contributed by atoms with E-state index in [1.165, 1.54) is 19.2 Å². The minimum absolute atomic E-state index is 0.0891. The molecule has 0 bridgehead atoms. The van der Waals surface area contributed by atoms with Crippen molar-refractivity contribution < 1.29 is 13.9 Å². The predicted molar refractivity (Wildman–Crippen MR) is 70.3 cm³/mol. The van der Waals surface area contributed by atoms with Crippen LogP contribution in [0.25, 0.3) is 5.57 Å². The number of halogens is 1. The fraction of sp³-hybridized carbons (Fsp3) is 0.143. The van der Waals surface area contributed by atoms with Crippen LogP contribution in [-0.4, -0.2) is 26.3 Å². The van der Waals surface area contributed by atoms with Crippen molar-refractivity contribution in [2.24, 2.45) is 4.99 Å². The summed E-state index contributed by atoms with van der Waals surface area (Å²) < 4.78 is 18.2. The number of hydrogen-bond donors (Lipinski definition) is 0. The molecule has 1 aromatic rings. The molecule has 0 aliphatic rings. The molecule has 0 unspecified atom stereocenters. The number of carbonyl (C=O) groups excluding carboxylic acids is 1. The minimum atomic E-state index is -0.696. The molecule has 1 aromatic carbocycles. The van der Waals surface area contributed by atoms with Crippen LogP contribution in [0.3, 0.4) is 0 Å². The second kappa shape index (κ2) is 6.49. The number of hydrogen-bond acceptors (Lipinski definition) is 3. The fourth-order valence-corrected chi connectivity index (χ4v) is 1.41. The predicted octanol–water partition coefficient (Wildman–Crippen LogP) is 2.88. The highest BCUT2D eigenvalue weighted by atomic mass is 19.1. The lowest BCUT2D eigenvalue weighted by Crippen LogP contribution is -2.04. The maximum absolute atomic E-state index is 13.7. The Morgan fingerprint density at radius 3 is 2.72 bits per heavy atom. The van der Waals surface area contributed by atoms with Crippen LogP contribution < -0.4 is 0 Å². The lowest BCUT2D eigenvalue weighted by molar-refractivity contribution is 0.0595. The van der Waals surface area contributed by atoms with Crippen molar-refractivity contribution in [2.45, 2.75) is 0 Å². The number of nitrogens with zero attached hydrogens (tertiary/aromatic N) is 1. The van der Waals surface area contributed by atoms with E-state index in [9.17, 15) is 9.18 Å². The second-order valence-corrected chi connectivity index (χ2v) is 3.42. The van der Waals surface area contributed by atoms with Crippen molar-refractivity contribution in [3.63, 3.8) is 0 Å². The first-order chi connectivity index (χ1) is 8.63. The van der Waals surface area contributed by atoms with Gasteiger partial charge in [-0.15, -0.1) is 0 Å². The molecule has 0 heterocycles. The van der Waals surface area contributed by atoms with Gasteiger partial charge in [-0.2, -0.15) is 0 Å². The van der Waals surface area contributed by atoms with E-state index in [1.54, 1.807) is 31.5 Å². The van der Waals surface area contributed by atoms with Crippen LogP contribution in [0.2, 0.25) is 0 Å². The molecule has 0 amide bonds. The van der Waals surface area contributed by atoms with E-state index in [4.69, 9.17) is 0 Å². The SMILES string of the molecule is C=C/C(=C\C=NC)c1ccc(C(=O)OC)c(F)c1. The Labute approximate surface area is 105 Å². The normalized spacial score (nSPS) is 11.6. The number of rotatable bonds is 4. The molecule has 0 spiro atoms. The van der Waals surface area contributed by atoms with Crippen LogP contribution in [0, 0.1) is 5.82 Å². The van der Waals surface area contributed by atoms with E-state index in [0.717, 1.165) is 5.57 Å². The first-order valence-corrected chi connectivity index (χ1v) is 5.27. The molecule has 0 radical (unpaired) electrons. The summed E-state index contributed by atoms with van der Waals surface area (Å²) in [5, 5.41) is 0. The van der Waals surface area contributed by atoms with Crippen LogP contribution >= 0.6 is 0 Å². The Bertz CT molecular complexity index is 519. The third-order valence-corrected chi connectivity index (χ3v) is 2.33. The van der Waals surface area contributed by atoms with Gasteiger partial charge < -0.3 is 4.74 Å². The Morgan fingerprint density at radius 2 is 2.22 bits per heavy atom. The van der Waals surface area contributed by atoms with Crippen LogP contribution in [0.1, 0.15) is 15.9 Å². The number of esters is 1. The van der Waals surface area contributed by atoms with Gasteiger partial charge in [-0.05, 0) is 29.3 Å². The molecule has 0 saturated heterocycles. The Kier molecular flexibility index (Phi) is 4.99. The smallest absolute Gasteiger partial charge is 0.340 e. The fourth-order valence-electron chi connectivity index (χ4n) is 1.41. The summed E-state index contributed by atoms with van der Waals surface area (Å²) in [6, 6.07) is 4.28. The van der Waals surface area contributed by atoms with E-state index >= 15 is 0 Å². The van der Waals surface area contributed by atoms with E-state index in [0.29, 0.717) is 5.56 Å². The number of aliphatic imine (C=N–C) groups is 1. The quantitative estimate of drug-likeness (QED) is 0.466. The maximum Gasteiger partial charge on any atom is 0.340 e. The van der Waals surface area contributed by atoms with Gasteiger partial charge >= 0.3 is 5.97 Å². The highest BCUT2D eigenvalue weighted by molar-refractivity contribution is 5.92. The van der Waals surface area contributed by atoms with Gasteiger partial charge in [-0.25, -0.2) is 9.18 Å². The van der Waals surface area contributed by atoms with Gasteiger partial charge in [0, 0.05) is 13.3 Å². The molecule has 0 atom stereocenters. The zero-order valence-electron chi connectivity index (χ0n) is 10.3. The summed E-state index contributed by atoms with van der Waals surface area (Å²) in [5.41, 5.74) is 1.25. The van der Waals surface area contributed by atoms with E-state index < -0.39 is 11.8 Å². The summed E-state index contributed by atoms with van der Waals surface area (Å²) in [6.45, 7) is 3.65. The topological polar surface area (TPSA) is 38.7 Å². The van der Waals surface area contributed by atoms with Crippen molar-refractivity contribution in [1.29, 1.82) is 0 Å². The molecular formula is C14H14FNO2. The summed E-state index contributed by atoms with van der Waals surface area (Å²) >= 11 is 0. The van der Waals surface area contributed by atoms with Crippen molar-refractivity contribution in [2.75, 3.05) is 14.2 Å². The number of benzene rings is 1. The highest BCUT2D eigenvalue weighted by Crippen LogP contribution is 2.19. The third-order valence-electron chi connectivity index (χ3n) is 2.33. The van der Waals surface area contributed by atoms with Crippen molar-refractivity contribution in [1.82, 2.24) is 0 Å². The van der Waals surface area contributed by atoms with E-state index in [-0.39, 0.29) is 5.56 Å². The first-order valence-electron chi connectivity index (χ1n) is 5.27. The van der Waals surface area contributed by atoms with Gasteiger partial charge in [0.15, 0.2) is 0 Å². The average molecular weight is 247 g/mol. The van der Waals surface area contributed by atoms with Crippen LogP contribution in [0.15, 0.2) is 41.9 Å². The van der Waals surface area contributed by atoms with Crippen LogP contribution in [0.4, 0.5) is 4.39 Å². The standard InChI is InChI=1S/C14H14FNO2/c1-4-10(7-8-16-2)11-5-6-12(13(15)9-11)14(17)18-3/h4-9H,1H2,2-3H3/b10-7+,16-8?. The lowest BCUT2D eigenvalue weighted by atomic mass is 10.0. The molecule has 0 aliphatic carbocycles. The van der Waals surface area contributed by atoms with E-state index in [1.807, 2.05) is 0 Å². The Hall–Kier alpha value is -2.23. The molecule has 94 valence electrons.